The van der Waals surface area contributed by atoms with Crippen LogP contribution in [0.4, 0.5) is 0 Å². The van der Waals surface area contributed by atoms with Gasteiger partial charge in [-0.05, 0) is 37.4 Å². The first-order chi connectivity index (χ1) is 8.70. The van der Waals surface area contributed by atoms with E-state index in [1.54, 1.807) is 0 Å². The molecule has 1 fully saturated rings. The molecule has 1 aliphatic rings. The van der Waals surface area contributed by atoms with Crippen molar-refractivity contribution < 1.29 is 4.74 Å². The monoisotopic (exact) mass is 267 g/mol. The van der Waals surface area contributed by atoms with Crippen LogP contribution in [0.2, 0.25) is 0 Å². The Morgan fingerprint density at radius 3 is 2.94 bits per heavy atom. The van der Waals surface area contributed by atoms with Crippen LogP contribution >= 0.6 is 11.3 Å². The van der Waals surface area contributed by atoms with Gasteiger partial charge in [-0.15, -0.1) is 11.3 Å². The lowest BCUT2D eigenvalue weighted by atomic mass is 10.00. The largest absolute Gasteiger partial charge is 0.372 e. The molecule has 0 saturated carbocycles. The maximum Gasteiger partial charge on any atom is 0.0957 e. The number of hydrogen-bond donors (Lipinski definition) is 1. The summed E-state index contributed by atoms with van der Waals surface area (Å²) in [7, 11) is 0. The molecule has 1 N–H and O–H groups in total. The van der Waals surface area contributed by atoms with Crippen molar-refractivity contribution in [1.82, 2.24) is 5.32 Å². The van der Waals surface area contributed by atoms with Crippen molar-refractivity contribution in [2.75, 3.05) is 19.7 Å². The zero-order valence-electron chi connectivity index (χ0n) is 11.7. The van der Waals surface area contributed by atoms with Gasteiger partial charge in [-0.25, -0.2) is 0 Å². The zero-order valence-corrected chi connectivity index (χ0v) is 12.6. The summed E-state index contributed by atoms with van der Waals surface area (Å²) >= 11 is 1.92. The molecule has 1 aliphatic heterocycles. The number of ether oxygens (including phenoxy) is 1. The minimum Gasteiger partial charge on any atom is -0.372 e. The third kappa shape index (κ3) is 3.56. The van der Waals surface area contributed by atoms with Gasteiger partial charge in [-0.2, -0.15) is 0 Å². The van der Waals surface area contributed by atoms with Crippen LogP contribution in [0.1, 0.15) is 43.1 Å². The lowest BCUT2D eigenvalue weighted by molar-refractivity contribution is 0.0932. The van der Waals surface area contributed by atoms with E-state index in [2.05, 4.69) is 38.2 Å². The molecule has 2 rings (SSSR count). The number of nitrogens with one attached hydrogen (secondary N) is 1. The summed E-state index contributed by atoms with van der Waals surface area (Å²) in [5.41, 5.74) is 0. The summed E-state index contributed by atoms with van der Waals surface area (Å²) in [6, 6.07) is 4.51. The highest BCUT2D eigenvalue weighted by atomic mass is 32.1. The molecule has 1 aromatic heterocycles. The number of thiophene rings is 1. The normalized spacial score (nSPS) is 24.0. The van der Waals surface area contributed by atoms with Crippen LogP contribution in [0, 0.1) is 11.8 Å². The lowest BCUT2D eigenvalue weighted by Gasteiger charge is -2.18. The predicted octanol–water partition coefficient (Wildman–Crippen LogP) is 3.63. The minimum absolute atomic E-state index is 0.329. The Morgan fingerprint density at radius 2 is 2.28 bits per heavy atom. The van der Waals surface area contributed by atoms with E-state index in [0.717, 1.165) is 32.0 Å². The molecule has 0 amide bonds. The minimum atomic E-state index is 0.329. The topological polar surface area (TPSA) is 21.3 Å². The molecule has 0 aliphatic carbocycles. The first kappa shape index (κ1) is 14.0. The van der Waals surface area contributed by atoms with Crippen molar-refractivity contribution in [2.24, 2.45) is 11.8 Å². The maximum absolute atomic E-state index is 5.94. The Morgan fingerprint density at radius 1 is 1.44 bits per heavy atom. The Bertz CT molecular complexity index is 361. The fraction of sp³-hybridized carbons (Fsp3) is 0.733. The number of hydrogen-bond acceptors (Lipinski definition) is 3. The molecular weight excluding hydrogens is 242 g/mol. The maximum atomic E-state index is 5.94. The van der Waals surface area contributed by atoms with Gasteiger partial charge in [0.2, 0.25) is 0 Å². The number of aryl methyl sites for hydroxylation is 1. The molecule has 0 spiro atoms. The molecule has 0 bridgehead atoms. The Hall–Kier alpha value is -0.380. The van der Waals surface area contributed by atoms with Crippen LogP contribution in [0.15, 0.2) is 12.1 Å². The molecule has 18 heavy (non-hydrogen) atoms. The highest BCUT2D eigenvalue weighted by Gasteiger charge is 2.30. The second kappa shape index (κ2) is 6.69. The summed E-state index contributed by atoms with van der Waals surface area (Å²) < 4.78 is 5.94. The van der Waals surface area contributed by atoms with E-state index in [4.69, 9.17) is 4.74 Å². The molecule has 102 valence electrons. The van der Waals surface area contributed by atoms with Crippen LogP contribution in [0.5, 0.6) is 0 Å². The van der Waals surface area contributed by atoms with Gasteiger partial charge in [0.05, 0.1) is 6.10 Å². The summed E-state index contributed by atoms with van der Waals surface area (Å²) in [5, 5.41) is 3.57. The van der Waals surface area contributed by atoms with E-state index in [0.29, 0.717) is 12.0 Å². The second-order valence-corrected chi connectivity index (χ2v) is 6.75. The Labute approximate surface area is 115 Å². The molecule has 0 aromatic carbocycles. The average molecular weight is 267 g/mol. The fourth-order valence-corrected chi connectivity index (χ4v) is 3.55. The summed E-state index contributed by atoms with van der Waals surface area (Å²) in [4.78, 5) is 2.88. The molecule has 2 atom stereocenters. The molecule has 1 aromatic rings. The van der Waals surface area contributed by atoms with Gasteiger partial charge in [-0.1, -0.05) is 20.8 Å². The molecule has 2 nitrogen and oxygen atoms in total. The van der Waals surface area contributed by atoms with Crippen molar-refractivity contribution >= 4 is 11.3 Å². The third-order valence-electron chi connectivity index (χ3n) is 3.48. The van der Waals surface area contributed by atoms with E-state index in [-0.39, 0.29) is 0 Å². The average Bonchev–Trinajstić information content (AvgIpc) is 2.95. The van der Waals surface area contributed by atoms with Crippen LogP contribution in [0.3, 0.4) is 0 Å². The van der Waals surface area contributed by atoms with E-state index >= 15 is 0 Å². The van der Waals surface area contributed by atoms with E-state index < -0.39 is 0 Å². The molecule has 2 heterocycles. The van der Waals surface area contributed by atoms with Gasteiger partial charge in [0.25, 0.3) is 0 Å². The van der Waals surface area contributed by atoms with Crippen LogP contribution in [0.25, 0.3) is 0 Å². The molecule has 0 radical (unpaired) electrons. The van der Waals surface area contributed by atoms with E-state index in [1.165, 1.54) is 16.2 Å². The van der Waals surface area contributed by atoms with Crippen LogP contribution < -0.4 is 5.32 Å². The summed E-state index contributed by atoms with van der Waals surface area (Å²) in [5.74, 6) is 1.37. The first-order valence-electron chi connectivity index (χ1n) is 7.11. The van der Waals surface area contributed by atoms with Crippen LogP contribution in [-0.2, 0) is 11.2 Å². The third-order valence-corrected chi connectivity index (χ3v) is 4.78. The summed E-state index contributed by atoms with van der Waals surface area (Å²) in [6.45, 7) is 9.83. The lowest BCUT2D eigenvalue weighted by Crippen LogP contribution is -2.27. The van der Waals surface area contributed by atoms with Gasteiger partial charge in [0.15, 0.2) is 0 Å². The smallest absolute Gasteiger partial charge is 0.0957 e. The highest BCUT2D eigenvalue weighted by molar-refractivity contribution is 7.12. The number of rotatable bonds is 6. The predicted molar refractivity (Wildman–Crippen MR) is 78.2 cm³/mol. The fourth-order valence-electron chi connectivity index (χ4n) is 2.45. The quantitative estimate of drug-likeness (QED) is 0.850. The van der Waals surface area contributed by atoms with Crippen molar-refractivity contribution in [3.63, 3.8) is 0 Å². The molecule has 1 saturated heterocycles. The van der Waals surface area contributed by atoms with Crippen LogP contribution in [-0.4, -0.2) is 19.7 Å². The van der Waals surface area contributed by atoms with Crippen molar-refractivity contribution in [2.45, 2.75) is 39.7 Å². The highest BCUT2D eigenvalue weighted by Crippen LogP contribution is 2.37. The van der Waals surface area contributed by atoms with Gasteiger partial charge >= 0.3 is 0 Å². The summed E-state index contributed by atoms with van der Waals surface area (Å²) in [6.07, 6.45) is 2.65. The van der Waals surface area contributed by atoms with Gasteiger partial charge in [0.1, 0.15) is 0 Å². The van der Waals surface area contributed by atoms with Gasteiger partial charge < -0.3 is 10.1 Å². The molecular formula is C15H25NOS. The standard InChI is InChI=1S/C15H25NOS/c1-4-13-5-6-14(18-13)15-12(7-8-17-15)10-16-9-11(2)3/h5-6,11-12,15-16H,4,7-10H2,1-3H3. The second-order valence-electron chi connectivity index (χ2n) is 5.55. The van der Waals surface area contributed by atoms with Gasteiger partial charge in [-0.3, -0.25) is 0 Å². The van der Waals surface area contributed by atoms with Crippen molar-refractivity contribution in [3.8, 4) is 0 Å². The van der Waals surface area contributed by atoms with Crippen molar-refractivity contribution in [1.29, 1.82) is 0 Å². The first-order valence-corrected chi connectivity index (χ1v) is 7.93. The zero-order chi connectivity index (χ0) is 13.0. The van der Waals surface area contributed by atoms with Crippen molar-refractivity contribution in [3.05, 3.63) is 21.9 Å². The molecule has 2 unspecified atom stereocenters. The molecule has 3 heteroatoms. The SMILES string of the molecule is CCc1ccc(C2OCCC2CNCC(C)C)s1. The van der Waals surface area contributed by atoms with E-state index in [1.807, 2.05) is 11.3 Å². The Balaban J connectivity index is 1.90. The Kier molecular flexibility index (Phi) is 5.22. The van der Waals surface area contributed by atoms with Gasteiger partial charge in [0, 0.05) is 28.8 Å². The van der Waals surface area contributed by atoms with E-state index in [9.17, 15) is 0 Å².